The van der Waals surface area contributed by atoms with E-state index in [1.165, 1.54) is 0 Å². The van der Waals surface area contributed by atoms with E-state index in [1.54, 1.807) is 4.90 Å². The fourth-order valence-electron chi connectivity index (χ4n) is 3.73. The van der Waals surface area contributed by atoms with Gasteiger partial charge in [0.25, 0.3) is 5.91 Å². The summed E-state index contributed by atoms with van der Waals surface area (Å²) in [6, 6.07) is 10.1. The Morgan fingerprint density at radius 1 is 1.21 bits per heavy atom. The Balaban J connectivity index is 1.56. The Labute approximate surface area is 166 Å². The average Bonchev–Trinajstić information content (AvgIpc) is 3.04. The molecule has 28 heavy (non-hydrogen) atoms. The van der Waals surface area contributed by atoms with Crippen molar-refractivity contribution in [1.82, 2.24) is 15.2 Å². The predicted molar refractivity (Wildman–Crippen MR) is 112 cm³/mol. The molecule has 1 saturated heterocycles. The van der Waals surface area contributed by atoms with Gasteiger partial charge in [0, 0.05) is 45.1 Å². The van der Waals surface area contributed by atoms with Crippen molar-refractivity contribution in [2.45, 2.75) is 33.2 Å². The largest absolute Gasteiger partial charge is 0.378 e. The maximum absolute atomic E-state index is 12.8. The molecule has 1 aromatic heterocycles. The molecule has 2 aromatic rings. The van der Waals surface area contributed by atoms with Crippen LogP contribution in [0.1, 0.15) is 40.2 Å². The quantitative estimate of drug-likeness (QED) is 0.836. The number of hydrogen-bond donors (Lipinski definition) is 2. The lowest BCUT2D eigenvalue weighted by Crippen LogP contribution is -2.45. The van der Waals surface area contributed by atoms with E-state index in [1.807, 2.05) is 63.2 Å². The topological polar surface area (TPSA) is 68.4 Å². The van der Waals surface area contributed by atoms with Gasteiger partial charge in [0.1, 0.15) is 5.69 Å². The summed E-state index contributed by atoms with van der Waals surface area (Å²) in [5.41, 5.74) is 4.77. The summed E-state index contributed by atoms with van der Waals surface area (Å²) in [7, 11) is 4.01. The third kappa shape index (κ3) is 4.55. The first kappa shape index (κ1) is 20.0. The summed E-state index contributed by atoms with van der Waals surface area (Å²) in [5, 5.41) is 3.03. The Bertz CT molecular complexity index is 839. The summed E-state index contributed by atoms with van der Waals surface area (Å²) in [4.78, 5) is 32.5. The fourth-order valence-corrected chi connectivity index (χ4v) is 3.73. The highest BCUT2D eigenvalue weighted by atomic mass is 16.2. The van der Waals surface area contributed by atoms with E-state index in [0.29, 0.717) is 25.3 Å². The van der Waals surface area contributed by atoms with Gasteiger partial charge >= 0.3 is 0 Å². The van der Waals surface area contributed by atoms with Crippen LogP contribution in [0.25, 0.3) is 0 Å². The normalized spacial score (nSPS) is 16.7. The van der Waals surface area contributed by atoms with Gasteiger partial charge in [-0.05, 0) is 56.0 Å². The van der Waals surface area contributed by atoms with Gasteiger partial charge in [-0.25, -0.2) is 0 Å². The Morgan fingerprint density at radius 2 is 1.93 bits per heavy atom. The van der Waals surface area contributed by atoms with Gasteiger partial charge in [-0.15, -0.1) is 0 Å². The number of amides is 2. The Hall–Kier alpha value is -2.76. The third-order valence-electron chi connectivity index (χ3n) is 5.36. The lowest BCUT2D eigenvalue weighted by molar-refractivity contribution is -0.126. The minimum absolute atomic E-state index is 0.0117. The van der Waals surface area contributed by atoms with Gasteiger partial charge in [0.05, 0.1) is 5.92 Å². The van der Waals surface area contributed by atoms with Gasteiger partial charge < -0.3 is 20.1 Å². The second-order valence-corrected chi connectivity index (χ2v) is 7.88. The maximum Gasteiger partial charge on any atom is 0.270 e. The minimum Gasteiger partial charge on any atom is -0.378 e. The van der Waals surface area contributed by atoms with Gasteiger partial charge in [0.2, 0.25) is 5.91 Å². The first-order chi connectivity index (χ1) is 13.3. The second kappa shape index (κ2) is 8.50. The van der Waals surface area contributed by atoms with E-state index in [0.717, 1.165) is 35.3 Å². The number of benzene rings is 1. The number of H-pyrrole nitrogens is 1. The molecule has 1 fully saturated rings. The van der Waals surface area contributed by atoms with E-state index in [9.17, 15) is 9.59 Å². The highest BCUT2D eigenvalue weighted by molar-refractivity contribution is 5.94. The standard InChI is InChI=1S/C22H30N4O2/c1-15-12-16(2)24-20(15)22(28)26-11-5-6-18(14-26)21(27)23-13-17-7-9-19(10-8-17)25(3)4/h7-10,12,18,24H,5-6,11,13-14H2,1-4H3,(H,23,27). The zero-order valence-electron chi connectivity index (χ0n) is 17.2. The molecule has 0 bridgehead atoms. The van der Waals surface area contributed by atoms with Crippen molar-refractivity contribution in [1.29, 1.82) is 0 Å². The van der Waals surface area contributed by atoms with Crippen LogP contribution in [0, 0.1) is 19.8 Å². The van der Waals surface area contributed by atoms with Crippen LogP contribution in [0.15, 0.2) is 30.3 Å². The number of aryl methyl sites for hydroxylation is 2. The molecule has 1 aliphatic rings. The van der Waals surface area contributed by atoms with Crippen molar-refractivity contribution >= 4 is 17.5 Å². The number of carbonyl (C=O) groups excluding carboxylic acids is 2. The molecule has 2 amide bonds. The summed E-state index contributed by atoms with van der Waals surface area (Å²) in [5.74, 6) is -0.147. The highest BCUT2D eigenvalue weighted by Crippen LogP contribution is 2.20. The second-order valence-electron chi connectivity index (χ2n) is 7.88. The van der Waals surface area contributed by atoms with Gasteiger partial charge in [-0.2, -0.15) is 0 Å². The molecule has 2 N–H and O–H groups in total. The number of likely N-dealkylation sites (tertiary alicyclic amines) is 1. The van der Waals surface area contributed by atoms with Crippen LogP contribution in [0.5, 0.6) is 0 Å². The number of nitrogens with zero attached hydrogens (tertiary/aromatic N) is 2. The SMILES string of the molecule is Cc1cc(C)c(C(=O)N2CCCC(C(=O)NCc3ccc(N(C)C)cc3)C2)[nH]1. The summed E-state index contributed by atoms with van der Waals surface area (Å²) < 4.78 is 0. The minimum atomic E-state index is -0.157. The zero-order valence-corrected chi connectivity index (χ0v) is 17.2. The molecule has 0 radical (unpaired) electrons. The van der Waals surface area contributed by atoms with Crippen LogP contribution in [0.3, 0.4) is 0 Å². The van der Waals surface area contributed by atoms with Crippen molar-refractivity contribution in [2.24, 2.45) is 5.92 Å². The smallest absolute Gasteiger partial charge is 0.270 e. The lowest BCUT2D eigenvalue weighted by atomic mass is 9.96. The molecular formula is C22H30N4O2. The van der Waals surface area contributed by atoms with Gasteiger partial charge in [-0.3, -0.25) is 9.59 Å². The van der Waals surface area contributed by atoms with Crippen molar-refractivity contribution in [3.8, 4) is 0 Å². The predicted octanol–water partition coefficient (Wildman–Crippen LogP) is 2.87. The average molecular weight is 383 g/mol. The molecule has 1 atom stereocenters. The lowest BCUT2D eigenvalue weighted by Gasteiger charge is -2.32. The van der Waals surface area contributed by atoms with E-state index < -0.39 is 0 Å². The van der Waals surface area contributed by atoms with E-state index in [2.05, 4.69) is 10.3 Å². The van der Waals surface area contributed by atoms with E-state index >= 15 is 0 Å². The molecule has 6 heteroatoms. The van der Waals surface area contributed by atoms with Crippen LogP contribution in [-0.4, -0.2) is 48.9 Å². The molecule has 0 saturated carbocycles. The number of carbonyl (C=O) groups is 2. The van der Waals surface area contributed by atoms with Gasteiger partial charge in [-0.1, -0.05) is 12.1 Å². The Morgan fingerprint density at radius 3 is 2.54 bits per heavy atom. The Kier molecular flexibility index (Phi) is 6.07. The molecule has 150 valence electrons. The summed E-state index contributed by atoms with van der Waals surface area (Å²) in [6.45, 7) is 5.56. The molecule has 2 heterocycles. The number of nitrogens with one attached hydrogen (secondary N) is 2. The molecule has 1 aromatic carbocycles. The number of piperidine rings is 1. The summed E-state index contributed by atoms with van der Waals surface area (Å²) in [6.07, 6.45) is 1.66. The molecule has 6 nitrogen and oxygen atoms in total. The van der Waals surface area contributed by atoms with Crippen molar-refractivity contribution in [3.63, 3.8) is 0 Å². The molecule has 3 rings (SSSR count). The third-order valence-corrected chi connectivity index (χ3v) is 5.36. The van der Waals surface area contributed by atoms with Crippen LogP contribution < -0.4 is 10.2 Å². The van der Waals surface area contributed by atoms with Crippen LogP contribution >= 0.6 is 0 Å². The molecule has 1 aliphatic heterocycles. The summed E-state index contributed by atoms with van der Waals surface area (Å²) >= 11 is 0. The van der Waals surface area contributed by atoms with Crippen molar-refractivity contribution in [2.75, 3.05) is 32.1 Å². The zero-order chi connectivity index (χ0) is 20.3. The molecular weight excluding hydrogens is 352 g/mol. The van der Waals surface area contributed by atoms with Crippen LogP contribution in [-0.2, 0) is 11.3 Å². The maximum atomic E-state index is 12.8. The van der Waals surface area contributed by atoms with Crippen molar-refractivity contribution in [3.05, 3.63) is 52.8 Å². The van der Waals surface area contributed by atoms with Crippen molar-refractivity contribution < 1.29 is 9.59 Å². The first-order valence-electron chi connectivity index (χ1n) is 9.84. The van der Waals surface area contributed by atoms with E-state index in [4.69, 9.17) is 0 Å². The number of aromatic amines is 1. The van der Waals surface area contributed by atoms with Crippen LogP contribution in [0.2, 0.25) is 0 Å². The number of rotatable bonds is 5. The highest BCUT2D eigenvalue weighted by Gasteiger charge is 2.29. The first-order valence-corrected chi connectivity index (χ1v) is 9.84. The number of aromatic nitrogens is 1. The molecule has 0 spiro atoms. The molecule has 1 unspecified atom stereocenters. The number of hydrogen-bond acceptors (Lipinski definition) is 3. The van der Waals surface area contributed by atoms with Gasteiger partial charge in [0.15, 0.2) is 0 Å². The van der Waals surface area contributed by atoms with Crippen LogP contribution in [0.4, 0.5) is 5.69 Å². The number of anilines is 1. The fraction of sp³-hybridized carbons (Fsp3) is 0.455. The van der Waals surface area contributed by atoms with E-state index in [-0.39, 0.29) is 17.7 Å². The monoisotopic (exact) mass is 382 g/mol. The molecule has 0 aliphatic carbocycles.